The van der Waals surface area contributed by atoms with Crippen LogP contribution in [0.3, 0.4) is 0 Å². The van der Waals surface area contributed by atoms with E-state index >= 15 is 0 Å². The van der Waals surface area contributed by atoms with E-state index in [0.29, 0.717) is 6.54 Å². The van der Waals surface area contributed by atoms with Gasteiger partial charge in [0.05, 0.1) is 12.2 Å². The van der Waals surface area contributed by atoms with Gasteiger partial charge in [-0.2, -0.15) is 0 Å². The summed E-state index contributed by atoms with van der Waals surface area (Å²) in [6, 6.07) is 16.0. The number of anilines is 1. The molecule has 0 fully saturated rings. The van der Waals surface area contributed by atoms with E-state index in [0.717, 1.165) is 35.2 Å². The lowest BCUT2D eigenvalue weighted by molar-refractivity contribution is -0.127. The van der Waals surface area contributed by atoms with Crippen LogP contribution in [0.2, 0.25) is 0 Å². The van der Waals surface area contributed by atoms with Gasteiger partial charge < -0.3 is 4.90 Å². The number of rotatable bonds is 3. The molecule has 1 heterocycles. The average molecular weight is 317 g/mol. The molecule has 0 aromatic heterocycles. The molecule has 122 valence electrons. The van der Waals surface area contributed by atoms with Crippen LogP contribution in [0.25, 0.3) is 0 Å². The van der Waals surface area contributed by atoms with Crippen molar-refractivity contribution < 1.29 is 4.79 Å². The molecule has 1 aliphatic heterocycles. The first-order valence-electron chi connectivity index (χ1n) is 8.54. The van der Waals surface area contributed by atoms with Gasteiger partial charge >= 0.3 is 0 Å². The van der Waals surface area contributed by atoms with E-state index in [1.165, 1.54) is 0 Å². The number of carbonyl (C=O) groups is 1. The average Bonchev–Trinajstić information content (AvgIpc) is 2.56. The van der Waals surface area contributed by atoms with E-state index in [4.69, 9.17) is 0 Å². The second kappa shape index (κ2) is 6.53. The number of fused-ring (bicyclic) bond motifs is 2. The molecule has 0 saturated carbocycles. The zero-order valence-electron chi connectivity index (χ0n) is 14.6. The van der Waals surface area contributed by atoms with Crippen LogP contribution in [0.4, 0.5) is 5.69 Å². The van der Waals surface area contributed by atoms with E-state index in [1.807, 2.05) is 61.2 Å². The van der Waals surface area contributed by atoms with Crippen LogP contribution in [-0.4, -0.2) is 5.91 Å². The van der Waals surface area contributed by atoms with Crippen molar-refractivity contribution in [2.75, 3.05) is 4.90 Å². The molecule has 2 heteroatoms. The first kappa shape index (κ1) is 16.3. The number of carbonyl (C=O) groups excluding carboxylic acids is 1. The fourth-order valence-corrected chi connectivity index (χ4v) is 3.26. The molecule has 2 aromatic rings. The molecule has 0 atom stereocenters. The van der Waals surface area contributed by atoms with Crippen molar-refractivity contribution >= 4 is 11.6 Å². The van der Waals surface area contributed by atoms with Crippen LogP contribution in [0.15, 0.2) is 48.5 Å². The molecule has 1 aliphatic rings. The summed E-state index contributed by atoms with van der Waals surface area (Å²) in [4.78, 5) is 15.2. The largest absolute Gasteiger partial charge is 0.306 e. The van der Waals surface area contributed by atoms with Crippen molar-refractivity contribution in [3.63, 3.8) is 0 Å². The maximum Gasteiger partial charge on any atom is 0.232 e. The van der Waals surface area contributed by atoms with Crippen molar-refractivity contribution in [3.8, 4) is 11.8 Å². The van der Waals surface area contributed by atoms with Crippen molar-refractivity contribution in [3.05, 3.63) is 65.2 Å². The van der Waals surface area contributed by atoms with Crippen molar-refractivity contribution in [2.24, 2.45) is 5.41 Å². The first-order chi connectivity index (χ1) is 11.5. The molecule has 0 radical (unpaired) electrons. The molecule has 0 aliphatic carbocycles. The lowest BCUT2D eigenvalue weighted by atomic mass is 9.85. The third-order valence-corrected chi connectivity index (χ3v) is 4.57. The van der Waals surface area contributed by atoms with Gasteiger partial charge in [-0.3, -0.25) is 4.79 Å². The number of nitrogens with zero attached hydrogens (tertiary/aromatic N) is 1. The second-order valence-corrected chi connectivity index (χ2v) is 6.95. The van der Waals surface area contributed by atoms with Crippen LogP contribution >= 0.6 is 0 Å². The maximum absolute atomic E-state index is 13.3. The molecule has 24 heavy (non-hydrogen) atoms. The van der Waals surface area contributed by atoms with Gasteiger partial charge in [-0.1, -0.05) is 69.4 Å². The van der Waals surface area contributed by atoms with Gasteiger partial charge in [-0.25, -0.2) is 0 Å². The van der Waals surface area contributed by atoms with Gasteiger partial charge in [-0.05, 0) is 30.2 Å². The Morgan fingerprint density at radius 1 is 1.04 bits per heavy atom. The third-order valence-electron chi connectivity index (χ3n) is 4.57. The molecule has 2 nitrogen and oxygen atoms in total. The van der Waals surface area contributed by atoms with Crippen LogP contribution < -0.4 is 4.90 Å². The minimum absolute atomic E-state index is 0.162. The fourth-order valence-electron chi connectivity index (χ4n) is 3.26. The quantitative estimate of drug-likeness (QED) is 0.747. The zero-order valence-corrected chi connectivity index (χ0v) is 14.6. The number of benzene rings is 2. The highest BCUT2D eigenvalue weighted by Crippen LogP contribution is 2.32. The Bertz CT molecular complexity index is 823. The molecule has 0 N–H and O–H groups in total. The molecule has 1 amide bonds. The molecular weight excluding hydrogens is 294 g/mol. The van der Waals surface area contributed by atoms with E-state index in [-0.39, 0.29) is 11.3 Å². The summed E-state index contributed by atoms with van der Waals surface area (Å²) in [7, 11) is 0. The van der Waals surface area contributed by atoms with E-state index in [1.54, 1.807) is 0 Å². The second-order valence-electron chi connectivity index (χ2n) is 6.95. The molecule has 0 bridgehead atoms. The Morgan fingerprint density at radius 3 is 2.42 bits per heavy atom. The predicted octanol–water partition coefficient (Wildman–Crippen LogP) is 4.76. The lowest BCUT2D eigenvalue weighted by Crippen LogP contribution is -2.41. The van der Waals surface area contributed by atoms with Crippen LogP contribution in [0, 0.1) is 17.3 Å². The highest BCUT2D eigenvalue weighted by atomic mass is 16.2. The number of hydrogen-bond donors (Lipinski definition) is 0. The summed E-state index contributed by atoms with van der Waals surface area (Å²) in [5.74, 6) is 6.66. The maximum atomic E-state index is 13.3. The van der Waals surface area contributed by atoms with Gasteiger partial charge in [0.25, 0.3) is 0 Å². The van der Waals surface area contributed by atoms with Crippen molar-refractivity contribution in [1.82, 2.24) is 0 Å². The van der Waals surface area contributed by atoms with E-state index in [2.05, 4.69) is 24.8 Å². The van der Waals surface area contributed by atoms with Crippen LogP contribution in [0.1, 0.15) is 50.3 Å². The Kier molecular flexibility index (Phi) is 4.44. The minimum Gasteiger partial charge on any atom is -0.306 e. The molecule has 0 spiro atoms. The SMILES string of the molecule is CCCC(C)(C)C(=O)N1Cc2ccccc2C#Cc2ccccc21. The van der Waals surface area contributed by atoms with Gasteiger partial charge in [0.15, 0.2) is 0 Å². The Labute approximate surface area is 144 Å². The fraction of sp³-hybridized carbons (Fsp3) is 0.318. The highest BCUT2D eigenvalue weighted by molar-refractivity contribution is 5.98. The smallest absolute Gasteiger partial charge is 0.232 e. The monoisotopic (exact) mass is 317 g/mol. The van der Waals surface area contributed by atoms with Crippen molar-refractivity contribution in [2.45, 2.75) is 40.2 Å². The topological polar surface area (TPSA) is 20.3 Å². The normalized spacial score (nSPS) is 13.0. The summed E-state index contributed by atoms with van der Waals surface area (Å²) >= 11 is 0. The Balaban J connectivity index is 2.13. The molecule has 3 rings (SSSR count). The molecule has 0 saturated heterocycles. The Hall–Kier alpha value is -2.53. The molecular formula is C22H23NO. The van der Waals surface area contributed by atoms with Crippen LogP contribution in [-0.2, 0) is 11.3 Å². The predicted molar refractivity (Wildman–Crippen MR) is 98.7 cm³/mol. The lowest BCUT2D eigenvalue weighted by Gasteiger charge is -2.33. The van der Waals surface area contributed by atoms with Gasteiger partial charge in [0, 0.05) is 16.5 Å². The number of amides is 1. The molecule has 0 unspecified atom stereocenters. The summed E-state index contributed by atoms with van der Waals surface area (Å²) < 4.78 is 0. The summed E-state index contributed by atoms with van der Waals surface area (Å²) in [6.07, 6.45) is 1.86. The first-order valence-corrected chi connectivity index (χ1v) is 8.54. The third kappa shape index (κ3) is 3.08. The van der Waals surface area contributed by atoms with Gasteiger partial charge in [0.2, 0.25) is 5.91 Å². The highest BCUT2D eigenvalue weighted by Gasteiger charge is 2.33. The van der Waals surface area contributed by atoms with E-state index < -0.39 is 0 Å². The van der Waals surface area contributed by atoms with Crippen LogP contribution in [0.5, 0.6) is 0 Å². The van der Waals surface area contributed by atoms with E-state index in [9.17, 15) is 4.79 Å². The Morgan fingerprint density at radius 2 is 1.67 bits per heavy atom. The van der Waals surface area contributed by atoms with Gasteiger partial charge in [-0.15, -0.1) is 0 Å². The van der Waals surface area contributed by atoms with Gasteiger partial charge in [0.1, 0.15) is 0 Å². The molecule has 2 aromatic carbocycles. The standard InChI is InChI=1S/C22H23NO/c1-4-15-22(2,3)21(24)23-16-19-11-6-5-9-17(19)13-14-18-10-7-8-12-20(18)23/h5-12H,4,15-16H2,1-3H3. The summed E-state index contributed by atoms with van der Waals surface area (Å²) in [5, 5.41) is 0. The summed E-state index contributed by atoms with van der Waals surface area (Å²) in [5.41, 5.74) is 3.53. The summed E-state index contributed by atoms with van der Waals surface area (Å²) in [6.45, 7) is 6.76. The number of para-hydroxylation sites is 1. The minimum atomic E-state index is -0.385. The van der Waals surface area contributed by atoms with Crippen molar-refractivity contribution in [1.29, 1.82) is 0 Å². The zero-order chi connectivity index (χ0) is 17.2. The number of hydrogen-bond acceptors (Lipinski definition) is 1.